The summed E-state index contributed by atoms with van der Waals surface area (Å²) in [5.74, 6) is 0. The monoisotopic (exact) mass is 385 g/mol. The third kappa shape index (κ3) is 3.01. The molecule has 1 nitrogen and oxygen atoms in total. The van der Waals surface area contributed by atoms with Gasteiger partial charge in [0.15, 0.2) is 0 Å². The smallest absolute Gasteiger partial charge is 0.0956 e. The zero-order chi connectivity index (χ0) is 14.1. The van der Waals surface area contributed by atoms with E-state index in [4.69, 9.17) is 23.2 Å². The van der Waals surface area contributed by atoms with Gasteiger partial charge in [0.25, 0.3) is 0 Å². The molecule has 5 heteroatoms. The van der Waals surface area contributed by atoms with Crippen LogP contribution >= 0.6 is 50.5 Å². The molecule has 0 fully saturated rings. The van der Waals surface area contributed by atoms with Crippen LogP contribution < -0.4 is 0 Å². The zero-order valence-electron chi connectivity index (χ0n) is 10.3. The summed E-state index contributed by atoms with van der Waals surface area (Å²) in [6.45, 7) is 0. The van der Waals surface area contributed by atoms with Crippen molar-refractivity contribution in [1.82, 2.24) is 4.98 Å². The SMILES string of the molecule is Clc1ccc(Br)c(C(Cl)Cc2nc3ccccc3s2)c1. The van der Waals surface area contributed by atoms with E-state index in [1.54, 1.807) is 11.3 Å². The van der Waals surface area contributed by atoms with Gasteiger partial charge in [-0.25, -0.2) is 4.98 Å². The van der Waals surface area contributed by atoms with Crippen molar-refractivity contribution in [2.45, 2.75) is 11.8 Å². The van der Waals surface area contributed by atoms with Gasteiger partial charge in [-0.2, -0.15) is 0 Å². The van der Waals surface area contributed by atoms with Crippen molar-refractivity contribution in [1.29, 1.82) is 0 Å². The quantitative estimate of drug-likeness (QED) is 0.485. The average Bonchev–Trinajstić information content (AvgIpc) is 2.83. The van der Waals surface area contributed by atoms with Gasteiger partial charge in [-0.05, 0) is 35.9 Å². The third-order valence-electron chi connectivity index (χ3n) is 2.99. The van der Waals surface area contributed by atoms with Gasteiger partial charge in [-0.1, -0.05) is 39.7 Å². The lowest BCUT2D eigenvalue weighted by Crippen LogP contribution is -1.96. The number of rotatable bonds is 3. The molecule has 3 rings (SSSR count). The fourth-order valence-electron chi connectivity index (χ4n) is 2.03. The van der Waals surface area contributed by atoms with Crippen LogP contribution in [0.25, 0.3) is 10.2 Å². The molecule has 0 aliphatic carbocycles. The van der Waals surface area contributed by atoms with E-state index in [0.717, 1.165) is 20.6 Å². The first-order valence-electron chi connectivity index (χ1n) is 6.07. The second-order valence-electron chi connectivity index (χ2n) is 4.41. The highest BCUT2D eigenvalue weighted by Crippen LogP contribution is 2.34. The number of hydrogen-bond acceptors (Lipinski definition) is 2. The van der Waals surface area contributed by atoms with Gasteiger partial charge in [-0.15, -0.1) is 22.9 Å². The summed E-state index contributed by atoms with van der Waals surface area (Å²) in [7, 11) is 0. The van der Waals surface area contributed by atoms with Crippen LogP contribution in [0.3, 0.4) is 0 Å². The summed E-state index contributed by atoms with van der Waals surface area (Å²) < 4.78 is 2.17. The number of para-hydroxylation sites is 1. The molecule has 0 aliphatic heterocycles. The number of hydrogen-bond donors (Lipinski definition) is 0. The molecule has 0 bridgehead atoms. The first-order chi connectivity index (χ1) is 9.63. The number of benzene rings is 2. The van der Waals surface area contributed by atoms with Gasteiger partial charge >= 0.3 is 0 Å². The Kier molecular flexibility index (Phi) is 4.32. The summed E-state index contributed by atoms with van der Waals surface area (Å²) in [5, 5.41) is 1.58. The molecule has 0 N–H and O–H groups in total. The predicted octanol–water partition coefficient (Wildman–Crippen LogP) is 6.23. The Morgan fingerprint density at radius 2 is 2.00 bits per heavy atom. The molecule has 0 saturated carbocycles. The summed E-state index contributed by atoms with van der Waals surface area (Å²) in [6, 6.07) is 13.8. The number of alkyl halides is 1. The van der Waals surface area contributed by atoms with Crippen molar-refractivity contribution in [3.8, 4) is 0 Å². The minimum Gasteiger partial charge on any atom is -0.241 e. The van der Waals surface area contributed by atoms with E-state index in [9.17, 15) is 0 Å². The lowest BCUT2D eigenvalue weighted by Gasteiger charge is -2.10. The van der Waals surface area contributed by atoms with Crippen molar-refractivity contribution in [3.63, 3.8) is 0 Å². The van der Waals surface area contributed by atoms with E-state index in [1.807, 2.05) is 36.4 Å². The largest absolute Gasteiger partial charge is 0.241 e. The number of nitrogens with zero attached hydrogens (tertiary/aromatic N) is 1. The number of aromatic nitrogens is 1. The van der Waals surface area contributed by atoms with Crippen LogP contribution in [0.5, 0.6) is 0 Å². The summed E-state index contributed by atoms with van der Waals surface area (Å²) in [6.07, 6.45) is 0.694. The maximum Gasteiger partial charge on any atom is 0.0956 e. The highest BCUT2D eigenvalue weighted by Gasteiger charge is 2.15. The summed E-state index contributed by atoms with van der Waals surface area (Å²) in [5.41, 5.74) is 2.03. The molecule has 2 aromatic carbocycles. The molecule has 0 amide bonds. The highest BCUT2D eigenvalue weighted by molar-refractivity contribution is 9.10. The van der Waals surface area contributed by atoms with Gasteiger partial charge in [0.05, 0.1) is 20.6 Å². The molecule has 3 aromatic rings. The lowest BCUT2D eigenvalue weighted by molar-refractivity contribution is 0.906. The van der Waals surface area contributed by atoms with E-state index in [0.29, 0.717) is 11.4 Å². The number of fused-ring (bicyclic) bond motifs is 1. The lowest BCUT2D eigenvalue weighted by atomic mass is 10.1. The maximum atomic E-state index is 6.52. The Morgan fingerprint density at radius 1 is 1.20 bits per heavy atom. The van der Waals surface area contributed by atoms with E-state index in [-0.39, 0.29) is 5.38 Å². The number of halogens is 3. The van der Waals surface area contributed by atoms with Gasteiger partial charge < -0.3 is 0 Å². The fourth-order valence-corrected chi connectivity index (χ4v) is 4.29. The third-order valence-corrected chi connectivity index (χ3v) is 5.39. The van der Waals surface area contributed by atoms with Gasteiger partial charge in [0.2, 0.25) is 0 Å². The van der Waals surface area contributed by atoms with Crippen molar-refractivity contribution in [2.24, 2.45) is 0 Å². The number of thiazole rings is 1. The minimum atomic E-state index is -0.149. The summed E-state index contributed by atoms with van der Waals surface area (Å²) >= 11 is 17.8. The van der Waals surface area contributed by atoms with Gasteiger partial charge in [0, 0.05) is 15.9 Å². The Labute approximate surface area is 139 Å². The normalized spacial score (nSPS) is 12.8. The van der Waals surface area contributed by atoms with Gasteiger partial charge in [0.1, 0.15) is 0 Å². The van der Waals surface area contributed by atoms with Crippen molar-refractivity contribution >= 4 is 60.7 Å². The van der Waals surface area contributed by atoms with E-state index in [2.05, 4.69) is 27.0 Å². The van der Waals surface area contributed by atoms with Crippen molar-refractivity contribution < 1.29 is 0 Å². The maximum absolute atomic E-state index is 6.52. The van der Waals surface area contributed by atoms with E-state index >= 15 is 0 Å². The van der Waals surface area contributed by atoms with Crippen LogP contribution in [0.15, 0.2) is 46.9 Å². The van der Waals surface area contributed by atoms with Crippen LogP contribution in [0, 0.1) is 0 Å². The summed E-state index contributed by atoms with van der Waals surface area (Å²) in [4.78, 5) is 4.62. The molecule has 102 valence electrons. The molecule has 1 heterocycles. The topological polar surface area (TPSA) is 12.9 Å². The van der Waals surface area contributed by atoms with Crippen LogP contribution in [0.4, 0.5) is 0 Å². The minimum absolute atomic E-state index is 0.149. The predicted molar refractivity (Wildman–Crippen MR) is 91.1 cm³/mol. The molecule has 0 radical (unpaired) electrons. The molecule has 1 aromatic heterocycles. The Balaban J connectivity index is 1.88. The average molecular weight is 387 g/mol. The Bertz CT molecular complexity index is 723. The van der Waals surface area contributed by atoms with E-state index < -0.39 is 0 Å². The van der Waals surface area contributed by atoms with Crippen LogP contribution in [0.1, 0.15) is 15.9 Å². The van der Waals surface area contributed by atoms with Crippen LogP contribution in [-0.2, 0) is 6.42 Å². The first kappa shape index (κ1) is 14.3. The standard InChI is InChI=1S/C15H10BrCl2NS/c16-11-6-5-9(17)7-10(11)12(18)8-15-19-13-3-1-2-4-14(13)20-15/h1-7,12H,8H2. The first-order valence-corrected chi connectivity index (χ1v) is 8.49. The van der Waals surface area contributed by atoms with Gasteiger partial charge in [-0.3, -0.25) is 0 Å². The second-order valence-corrected chi connectivity index (χ2v) is 7.35. The fraction of sp³-hybridized carbons (Fsp3) is 0.133. The van der Waals surface area contributed by atoms with Crippen LogP contribution in [-0.4, -0.2) is 4.98 Å². The molecule has 0 saturated heterocycles. The Hall–Kier alpha value is -0.610. The molecule has 0 aliphatic rings. The molecule has 1 atom stereocenters. The van der Waals surface area contributed by atoms with Crippen molar-refractivity contribution in [3.05, 3.63) is 62.5 Å². The van der Waals surface area contributed by atoms with Crippen LogP contribution in [0.2, 0.25) is 5.02 Å². The highest BCUT2D eigenvalue weighted by atomic mass is 79.9. The molecular formula is C15H10BrCl2NS. The second kappa shape index (κ2) is 6.02. The zero-order valence-corrected chi connectivity index (χ0v) is 14.2. The molecule has 1 unspecified atom stereocenters. The molecule has 0 spiro atoms. The molecule has 20 heavy (non-hydrogen) atoms. The van der Waals surface area contributed by atoms with Crippen molar-refractivity contribution in [2.75, 3.05) is 0 Å². The molecular weight excluding hydrogens is 377 g/mol. The van der Waals surface area contributed by atoms with E-state index in [1.165, 1.54) is 4.70 Å². The Morgan fingerprint density at radius 3 is 2.80 bits per heavy atom.